The number of nitrogens with one attached hydrogen (secondary N) is 1. The van der Waals surface area contributed by atoms with Gasteiger partial charge in [-0.15, -0.1) is 0 Å². The molecule has 0 aromatic heterocycles. The van der Waals surface area contributed by atoms with Crippen molar-refractivity contribution < 1.29 is 14.6 Å². The molecule has 17 heavy (non-hydrogen) atoms. The zero-order chi connectivity index (χ0) is 12.8. The number of carboxylic acids is 1. The van der Waals surface area contributed by atoms with Crippen LogP contribution in [0.5, 0.6) is 0 Å². The summed E-state index contributed by atoms with van der Waals surface area (Å²) in [6.45, 7) is 1.84. The Kier molecular flexibility index (Phi) is 4.49. The first-order valence-electron chi connectivity index (χ1n) is 5.08. The third-order valence-electron chi connectivity index (χ3n) is 2.35. The van der Waals surface area contributed by atoms with Crippen LogP contribution in [-0.2, 0) is 9.53 Å². The molecule has 0 aliphatic rings. The molecule has 1 unspecified atom stereocenters. The number of carboxylic acid groups (broad SMARTS) is 1. The number of hydrogen-bond donors (Lipinski definition) is 2. The van der Waals surface area contributed by atoms with Gasteiger partial charge in [0.2, 0.25) is 0 Å². The fourth-order valence-corrected chi connectivity index (χ4v) is 1.47. The first-order chi connectivity index (χ1) is 8.10. The van der Waals surface area contributed by atoms with E-state index < -0.39 is 12.0 Å². The lowest BCUT2D eigenvalue weighted by atomic mass is 10.1. The van der Waals surface area contributed by atoms with Gasteiger partial charge in [-0.05, 0) is 18.6 Å². The molecule has 0 radical (unpaired) electrons. The van der Waals surface area contributed by atoms with E-state index in [-0.39, 0.29) is 6.61 Å². The zero-order valence-electron chi connectivity index (χ0n) is 9.73. The second kappa shape index (κ2) is 5.87. The van der Waals surface area contributed by atoms with Crippen molar-refractivity contribution in [1.82, 2.24) is 0 Å². The molecule has 2 N–H and O–H groups in total. The van der Waals surface area contributed by atoms with Crippen molar-refractivity contribution in [1.29, 1.82) is 5.26 Å². The number of aliphatic carboxylic acids is 1. The third kappa shape index (κ3) is 3.20. The van der Waals surface area contributed by atoms with Gasteiger partial charge in [0.25, 0.3) is 0 Å². The van der Waals surface area contributed by atoms with Crippen molar-refractivity contribution >= 4 is 11.7 Å². The second-order valence-corrected chi connectivity index (χ2v) is 3.60. The summed E-state index contributed by atoms with van der Waals surface area (Å²) in [5.74, 6) is -1.02. The minimum Gasteiger partial charge on any atom is -0.480 e. The van der Waals surface area contributed by atoms with Crippen LogP contribution in [0.15, 0.2) is 18.2 Å². The number of ether oxygens (including phenoxy) is 1. The van der Waals surface area contributed by atoms with Crippen molar-refractivity contribution in [2.75, 3.05) is 19.0 Å². The standard InChI is InChI=1S/C12H14N2O3/c1-8-4-3-5-10(9(8)6-13)14-11(7-17-2)12(15)16/h3-5,11,14H,7H2,1-2H3,(H,15,16). The molecule has 5 nitrogen and oxygen atoms in total. The minimum absolute atomic E-state index is 0.0359. The van der Waals surface area contributed by atoms with Crippen molar-refractivity contribution in [3.8, 4) is 6.07 Å². The SMILES string of the molecule is COCC(Nc1cccc(C)c1C#N)C(=O)O. The molecule has 0 fully saturated rings. The number of nitriles is 1. The van der Waals surface area contributed by atoms with Gasteiger partial charge in [0, 0.05) is 7.11 Å². The average Bonchev–Trinajstić information content (AvgIpc) is 2.28. The zero-order valence-corrected chi connectivity index (χ0v) is 9.73. The van der Waals surface area contributed by atoms with Crippen LogP contribution in [0.2, 0.25) is 0 Å². The number of anilines is 1. The molecular weight excluding hydrogens is 220 g/mol. The Morgan fingerprint density at radius 3 is 2.88 bits per heavy atom. The molecule has 90 valence electrons. The molecule has 5 heteroatoms. The lowest BCUT2D eigenvalue weighted by Crippen LogP contribution is -2.33. The maximum atomic E-state index is 11.0. The minimum atomic E-state index is -1.02. The number of methoxy groups -OCH3 is 1. The summed E-state index contributed by atoms with van der Waals surface area (Å²) in [7, 11) is 1.43. The highest BCUT2D eigenvalue weighted by atomic mass is 16.5. The summed E-state index contributed by atoms with van der Waals surface area (Å²) in [5, 5.41) is 20.8. The number of carbonyl (C=O) groups is 1. The van der Waals surface area contributed by atoms with Gasteiger partial charge in [-0.1, -0.05) is 12.1 Å². The molecule has 0 heterocycles. The van der Waals surface area contributed by atoms with Crippen LogP contribution in [0, 0.1) is 18.3 Å². The van der Waals surface area contributed by atoms with Crippen LogP contribution in [0.3, 0.4) is 0 Å². The van der Waals surface area contributed by atoms with Gasteiger partial charge in [0.1, 0.15) is 12.1 Å². The maximum absolute atomic E-state index is 11.0. The van der Waals surface area contributed by atoms with Crippen LogP contribution in [0.25, 0.3) is 0 Å². The lowest BCUT2D eigenvalue weighted by Gasteiger charge is -2.16. The van der Waals surface area contributed by atoms with Gasteiger partial charge >= 0.3 is 5.97 Å². The predicted octanol–water partition coefficient (Wildman–Crippen LogP) is 1.38. The molecule has 0 amide bonds. The molecular formula is C12H14N2O3. The summed E-state index contributed by atoms with van der Waals surface area (Å²) in [6, 6.07) is 6.43. The van der Waals surface area contributed by atoms with Gasteiger partial charge < -0.3 is 15.2 Å². The van der Waals surface area contributed by atoms with E-state index in [1.54, 1.807) is 25.1 Å². The van der Waals surface area contributed by atoms with E-state index in [4.69, 9.17) is 15.1 Å². The molecule has 0 aliphatic heterocycles. The first-order valence-corrected chi connectivity index (χ1v) is 5.08. The predicted molar refractivity (Wildman–Crippen MR) is 62.8 cm³/mol. The second-order valence-electron chi connectivity index (χ2n) is 3.60. The Hall–Kier alpha value is -2.06. The number of rotatable bonds is 5. The quantitative estimate of drug-likeness (QED) is 0.804. The third-order valence-corrected chi connectivity index (χ3v) is 2.35. The molecule has 1 rings (SSSR count). The van der Waals surface area contributed by atoms with Gasteiger partial charge in [0.05, 0.1) is 17.9 Å². The Balaban J connectivity index is 2.97. The summed E-state index contributed by atoms with van der Waals surface area (Å²) in [4.78, 5) is 11.0. The van der Waals surface area contributed by atoms with E-state index >= 15 is 0 Å². The molecule has 1 aromatic rings. The van der Waals surface area contributed by atoms with E-state index in [0.717, 1.165) is 5.56 Å². The van der Waals surface area contributed by atoms with E-state index in [9.17, 15) is 4.79 Å². The van der Waals surface area contributed by atoms with Crippen LogP contribution in [0.4, 0.5) is 5.69 Å². The summed E-state index contributed by atoms with van der Waals surface area (Å²) in [6.07, 6.45) is 0. The van der Waals surface area contributed by atoms with E-state index in [1.165, 1.54) is 7.11 Å². The Morgan fingerprint density at radius 2 is 2.35 bits per heavy atom. The van der Waals surface area contributed by atoms with Gasteiger partial charge in [-0.25, -0.2) is 4.79 Å². The normalized spacial score (nSPS) is 11.6. The van der Waals surface area contributed by atoms with Crippen molar-refractivity contribution in [2.45, 2.75) is 13.0 Å². The van der Waals surface area contributed by atoms with Crippen molar-refractivity contribution in [3.63, 3.8) is 0 Å². The number of hydrogen-bond acceptors (Lipinski definition) is 4. The Bertz CT molecular complexity index is 452. The van der Waals surface area contributed by atoms with Crippen LogP contribution >= 0.6 is 0 Å². The first kappa shape index (κ1) is 13.0. The van der Waals surface area contributed by atoms with Crippen molar-refractivity contribution in [3.05, 3.63) is 29.3 Å². The number of benzene rings is 1. The fourth-order valence-electron chi connectivity index (χ4n) is 1.47. The van der Waals surface area contributed by atoms with Crippen LogP contribution in [0.1, 0.15) is 11.1 Å². The van der Waals surface area contributed by atoms with Gasteiger partial charge in [-0.2, -0.15) is 5.26 Å². The summed E-state index contributed by atoms with van der Waals surface area (Å²) in [5.41, 5.74) is 1.77. The van der Waals surface area contributed by atoms with Gasteiger partial charge in [-0.3, -0.25) is 0 Å². The highest BCUT2D eigenvalue weighted by Crippen LogP contribution is 2.19. The maximum Gasteiger partial charge on any atom is 0.328 e. The monoisotopic (exact) mass is 234 g/mol. The summed E-state index contributed by atoms with van der Waals surface area (Å²) >= 11 is 0. The number of aryl methyl sites for hydroxylation is 1. The molecule has 0 aliphatic carbocycles. The highest BCUT2D eigenvalue weighted by Gasteiger charge is 2.18. The largest absolute Gasteiger partial charge is 0.480 e. The van der Waals surface area contributed by atoms with E-state index in [0.29, 0.717) is 11.3 Å². The molecule has 0 spiro atoms. The van der Waals surface area contributed by atoms with E-state index in [1.807, 2.05) is 0 Å². The number of nitrogens with zero attached hydrogens (tertiary/aromatic N) is 1. The van der Waals surface area contributed by atoms with Gasteiger partial charge in [0.15, 0.2) is 0 Å². The molecule has 0 saturated carbocycles. The topological polar surface area (TPSA) is 82.3 Å². The summed E-state index contributed by atoms with van der Waals surface area (Å²) < 4.78 is 4.81. The Morgan fingerprint density at radius 1 is 1.65 bits per heavy atom. The Labute approximate surface area is 99.6 Å². The van der Waals surface area contributed by atoms with E-state index in [2.05, 4.69) is 11.4 Å². The van der Waals surface area contributed by atoms with Crippen molar-refractivity contribution in [2.24, 2.45) is 0 Å². The van der Waals surface area contributed by atoms with Crippen LogP contribution in [-0.4, -0.2) is 30.8 Å². The molecule has 0 saturated heterocycles. The molecule has 1 atom stereocenters. The molecule has 0 bridgehead atoms. The lowest BCUT2D eigenvalue weighted by molar-refractivity contribution is -0.139. The fraction of sp³-hybridized carbons (Fsp3) is 0.333. The average molecular weight is 234 g/mol. The molecule has 1 aromatic carbocycles. The smallest absolute Gasteiger partial charge is 0.328 e. The highest BCUT2D eigenvalue weighted by molar-refractivity contribution is 5.78. The van der Waals surface area contributed by atoms with Crippen LogP contribution < -0.4 is 5.32 Å².